The molecule has 0 bridgehead atoms. The summed E-state index contributed by atoms with van der Waals surface area (Å²) in [5.74, 6) is 1.33. The van der Waals surface area contributed by atoms with Gasteiger partial charge in [-0.05, 0) is 37.3 Å². The molecule has 0 aromatic carbocycles. The summed E-state index contributed by atoms with van der Waals surface area (Å²) in [6.07, 6.45) is 6.04. The first-order chi connectivity index (χ1) is 9.76. The van der Waals surface area contributed by atoms with E-state index in [-0.39, 0.29) is 0 Å². The van der Waals surface area contributed by atoms with Crippen molar-refractivity contribution in [2.24, 2.45) is 7.05 Å². The van der Waals surface area contributed by atoms with E-state index in [0.29, 0.717) is 23.8 Å². The quantitative estimate of drug-likeness (QED) is 0.914. The molecule has 0 saturated heterocycles. The summed E-state index contributed by atoms with van der Waals surface area (Å²) in [5.41, 5.74) is 2.93. The Hall–Kier alpha value is -2.42. The number of aryl methyl sites for hydroxylation is 3. The highest BCUT2D eigenvalue weighted by molar-refractivity contribution is 5.54. The number of hydrogen-bond donors (Lipinski definition) is 1. The van der Waals surface area contributed by atoms with Gasteiger partial charge in [0.15, 0.2) is 5.82 Å². The minimum atomic E-state index is 0.474. The van der Waals surface area contributed by atoms with Crippen LogP contribution in [0.15, 0.2) is 12.4 Å². The summed E-state index contributed by atoms with van der Waals surface area (Å²) in [7, 11) is 1.83. The van der Waals surface area contributed by atoms with Crippen LogP contribution >= 0.6 is 0 Å². The van der Waals surface area contributed by atoms with E-state index in [4.69, 9.17) is 0 Å². The average Bonchev–Trinajstić information content (AvgIpc) is 2.89. The number of nitrogens with one attached hydrogen (secondary N) is 1. The molecule has 6 heteroatoms. The van der Waals surface area contributed by atoms with E-state index in [2.05, 4.69) is 26.5 Å². The summed E-state index contributed by atoms with van der Waals surface area (Å²) in [5, 5.41) is 16.6. The van der Waals surface area contributed by atoms with Gasteiger partial charge in [0.25, 0.3) is 0 Å². The van der Waals surface area contributed by atoms with E-state index in [1.165, 1.54) is 18.4 Å². The molecule has 20 heavy (non-hydrogen) atoms. The van der Waals surface area contributed by atoms with Gasteiger partial charge in [-0.3, -0.25) is 4.68 Å². The monoisotopic (exact) mass is 268 g/mol. The van der Waals surface area contributed by atoms with Crippen LogP contribution < -0.4 is 5.32 Å². The molecule has 0 unspecified atom stereocenters. The number of aromatic nitrogens is 4. The molecule has 0 aliphatic heterocycles. The highest BCUT2D eigenvalue weighted by Crippen LogP contribution is 2.24. The van der Waals surface area contributed by atoms with E-state index in [1.807, 2.05) is 13.1 Å². The van der Waals surface area contributed by atoms with Crippen molar-refractivity contribution < 1.29 is 0 Å². The van der Waals surface area contributed by atoms with Crippen molar-refractivity contribution in [1.29, 1.82) is 5.26 Å². The maximum absolute atomic E-state index is 9.26. The first kappa shape index (κ1) is 12.6. The predicted molar refractivity (Wildman–Crippen MR) is 73.9 cm³/mol. The Morgan fingerprint density at radius 1 is 1.40 bits per heavy atom. The van der Waals surface area contributed by atoms with Gasteiger partial charge in [0.1, 0.15) is 18.2 Å². The fourth-order valence-electron chi connectivity index (χ4n) is 2.48. The van der Waals surface area contributed by atoms with Crippen LogP contribution in [-0.2, 0) is 26.4 Å². The van der Waals surface area contributed by atoms with Gasteiger partial charge in [-0.1, -0.05) is 0 Å². The van der Waals surface area contributed by atoms with Crippen LogP contribution in [-0.4, -0.2) is 19.7 Å². The third kappa shape index (κ3) is 2.48. The molecule has 0 saturated carbocycles. The van der Waals surface area contributed by atoms with E-state index in [9.17, 15) is 5.26 Å². The first-order valence-corrected chi connectivity index (χ1v) is 6.77. The molecule has 2 aromatic heterocycles. The molecule has 1 aliphatic rings. The second-order valence-corrected chi connectivity index (χ2v) is 5.00. The fraction of sp³-hybridized carbons (Fsp3) is 0.429. The second-order valence-electron chi connectivity index (χ2n) is 5.00. The second kappa shape index (κ2) is 5.29. The predicted octanol–water partition coefficient (Wildman–Crippen LogP) is 1.57. The van der Waals surface area contributed by atoms with E-state index in [0.717, 1.165) is 18.5 Å². The molecule has 1 N–H and O–H groups in total. The van der Waals surface area contributed by atoms with Crippen LogP contribution in [0.2, 0.25) is 0 Å². The highest BCUT2D eigenvalue weighted by atomic mass is 15.3. The Bertz CT molecular complexity index is 667. The molecule has 2 heterocycles. The van der Waals surface area contributed by atoms with Crippen molar-refractivity contribution in [2.75, 3.05) is 5.32 Å². The van der Waals surface area contributed by atoms with Crippen molar-refractivity contribution in [3.63, 3.8) is 0 Å². The zero-order valence-corrected chi connectivity index (χ0v) is 11.4. The Labute approximate surface area is 117 Å². The van der Waals surface area contributed by atoms with Gasteiger partial charge >= 0.3 is 0 Å². The molecule has 0 spiro atoms. The van der Waals surface area contributed by atoms with Crippen LogP contribution in [0, 0.1) is 11.3 Å². The van der Waals surface area contributed by atoms with Gasteiger partial charge in [-0.15, -0.1) is 0 Å². The molecule has 1 aliphatic carbocycles. The van der Waals surface area contributed by atoms with Crippen LogP contribution in [0.4, 0.5) is 5.82 Å². The molecule has 0 atom stereocenters. The molecule has 3 rings (SSSR count). The number of fused-ring (bicyclic) bond motifs is 1. The molecule has 0 fully saturated rings. The molecule has 0 amide bonds. The molecule has 0 radical (unpaired) electrons. The summed E-state index contributed by atoms with van der Waals surface area (Å²) >= 11 is 0. The topological polar surface area (TPSA) is 79.4 Å². The zero-order valence-electron chi connectivity index (χ0n) is 11.4. The van der Waals surface area contributed by atoms with Gasteiger partial charge in [0, 0.05) is 12.7 Å². The lowest BCUT2D eigenvalue weighted by Gasteiger charge is -2.17. The number of rotatable bonds is 3. The number of anilines is 1. The average molecular weight is 268 g/mol. The van der Waals surface area contributed by atoms with Gasteiger partial charge in [0.05, 0.1) is 12.1 Å². The zero-order chi connectivity index (χ0) is 13.9. The minimum absolute atomic E-state index is 0.474. The largest absolute Gasteiger partial charge is 0.362 e. The van der Waals surface area contributed by atoms with E-state index >= 15 is 0 Å². The lowest BCUT2D eigenvalue weighted by Crippen LogP contribution is -2.11. The van der Waals surface area contributed by atoms with Crippen LogP contribution in [0.5, 0.6) is 0 Å². The summed E-state index contributed by atoms with van der Waals surface area (Å²) < 4.78 is 1.66. The van der Waals surface area contributed by atoms with E-state index in [1.54, 1.807) is 11.0 Å². The summed E-state index contributed by atoms with van der Waals surface area (Å²) in [6, 6.07) is 4.18. The molecular weight excluding hydrogens is 252 g/mol. The molecular formula is C14H16N6. The van der Waals surface area contributed by atoms with Gasteiger partial charge in [0.2, 0.25) is 0 Å². The van der Waals surface area contributed by atoms with Crippen molar-refractivity contribution in [3.8, 4) is 6.07 Å². The molecule has 6 nitrogen and oxygen atoms in total. The van der Waals surface area contributed by atoms with Crippen molar-refractivity contribution in [2.45, 2.75) is 32.2 Å². The third-order valence-corrected chi connectivity index (χ3v) is 3.48. The van der Waals surface area contributed by atoms with Gasteiger partial charge < -0.3 is 5.32 Å². The highest BCUT2D eigenvalue weighted by Gasteiger charge is 2.15. The Morgan fingerprint density at radius 2 is 2.25 bits per heavy atom. The minimum Gasteiger partial charge on any atom is -0.362 e. The lowest BCUT2D eigenvalue weighted by atomic mass is 9.95. The maximum atomic E-state index is 9.26. The number of nitrogens with zero attached hydrogens (tertiary/aromatic N) is 5. The van der Waals surface area contributed by atoms with Crippen molar-refractivity contribution in [3.05, 3.63) is 35.0 Å². The molecule has 102 valence electrons. The fourth-order valence-corrected chi connectivity index (χ4v) is 2.48. The Kier molecular flexibility index (Phi) is 3.33. The Morgan fingerprint density at radius 3 is 3.00 bits per heavy atom. The summed E-state index contributed by atoms with van der Waals surface area (Å²) in [4.78, 5) is 8.76. The normalized spacial score (nSPS) is 13.6. The Balaban J connectivity index is 1.83. The lowest BCUT2D eigenvalue weighted by molar-refractivity contribution is 0.667. The smallest absolute Gasteiger partial charge is 0.169 e. The first-order valence-electron chi connectivity index (χ1n) is 6.77. The number of pyridine rings is 1. The maximum Gasteiger partial charge on any atom is 0.169 e. The number of nitriles is 1. The third-order valence-electron chi connectivity index (χ3n) is 3.48. The number of hydrogen-bond acceptors (Lipinski definition) is 5. The van der Waals surface area contributed by atoms with Crippen LogP contribution in [0.3, 0.4) is 0 Å². The van der Waals surface area contributed by atoms with Gasteiger partial charge in [-0.25, -0.2) is 9.97 Å². The SMILES string of the molecule is Cn1cnc(CNc2nc3c(cc2C#N)CCCC3)n1. The summed E-state index contributed by atoms with van der Waals surface area (Å²) in [6.45, 7) is 0.474. The van der Waals surface area contributed by atoms with E-state index < -0.39 is 0 Å². The standard InChI is InChI=1S/C14H16N6/c1-20-9-17-13(19-20)8-16-14-11(7-15)6-10-4-2-3-5-12(10)18-14/h6,9H,2-5,8H2,1H3,(H,16,18). The van der Waals surface area contributed by atoms with Gasteiger partial charge in [-0.2, -0.15) is 10.4 Å². The van der Waals surface area contributed by atoms with Crippen LogP contribution in [0.25, 0.3) is 0 Å². The van der Waals surface area contributed by atoms with Crippen molar-refractivity contribution in [1.82, 2.24) is 19.7 Å². The molecule has 2 aromatic rings. The van der Waals surface area contributed by atoms with Crippen LogP contribution in [0.1, 0.15) is 35.5 Å². The van der Waals surface area contributed by atoms with Crippen molar-refractivity contribution >= 4 is 5.82 Å².